The summed E-state index contributed by atoms with van der Waals surface area (Å²) in [6, 6.07) is 19.1. The van der Waals surface area contributed by atoms with E-state index in [1.54, 1.807) is 10.4 Å². The zero-order valence-electron chi connectivity index (χ0n) is 19.4. The Bertz CT molecular complexity index is 1130. The van der Waals surface area contributed by atoms with Gasteiger partial charge in [-0.1, -0.05) is 48.5 Å². The van der Waals surface area contributed by atoms with Gasteiger partial charge in [0.05, 0.1) is 6.54 Å². The quantitative estimate of drug-likeness (QED) is 0.299. The molecule has 4 rings (SSSR count). The van der Waals surface area contributed by atoms with Crippen molar-refractivity contribution in [1.29, 1.82) is 0 Å². The van der Waals surface area contributed by atoms with Gasteiger partial charge >= 0.3 is 10.4 Å². The Morgan fingerprint density at radius 3 is 2.39 bits per heavy atom. The predicted octanol–water partition coefficient (Wildman–Crippen LogP) is 5.44. The van der Waals surface area contributed by atoms with E-state index in [1.807, 2.05) is 54.6 Å². The number of hydrogen-bond acceptors (Lipinski definition) is 4. The molecule has 1 aliphatic heterocycles. The maximum absolute atomic E-state index is 13.8. The molecule has 3 aromatic rings. The zero-order chi connectivity index (χ0) is 23.3. The van der Waals surface area contributed by atoms with Crippen LogP contribution in [0.4, 0.5) is 0 Å². The summed E-state index contributed by atoms with van der Waals surface area (Å²) >= 11 is 0. The predicted molar refractivity (Wildman–Crippen MR) is 133 cm³/mol. The summed E-state index contributed by atoms with van der Waals surface area (Å²) in [4.78, 5) is 2.81. The molecule has 0 bridgehead atoms. The fourth-order valence-corrected chi connectivity index (χ4v) is 5.70. The molecule has 3 aromatic carbocycles. The van der Waals surface area contributed by atoms with Crippen LogP contribution in [0.2, 0.25) is 0 Å². The molecule has 0 saturated carbocycles. The van der Waals surface area contributed by atoms with Crippen molar-refractivity contribution >= 4 is 21.2 Å². The average molecular weight is 470 g/mol. The largest absolute Gasteiger partial charge is 0.454 e. The van der Waals surface area contributed by atoms with E-state index in [9.17, 15) is 8.76 Å². The lowest BCUT2D eigenvalue weighted by Crippen LogP contribution is -2.36. The number of unbranched alkanes of at least 4 members (excludes halogenated alkanes) is 1. The van der Waals surface area contributed by atoms with Gasteiger partial charge < -0.3 is 14.4 Å². The monoisotopic (exact) mass is 469 g/mol. The highest BCUT2D eigenvalue weighted by atomic mass is 32.3. The van der Waals surface area contributed by atoms with Crippen molar-refractivity contribution in [2.24, 2.45) is 0 Å². The molecule has 0 aromatic heterocycles. The fraction of sp³-hybridized carbons (Fsp3) is 0.385. The lowest BCUT2D eigenvalue weighted by atomic mass is 10.1. The minimum absolute atomic E-state index is 0.210. The molecule has 1 heterocycles. The summed E-state index contributed by atoms with van der Waals surface area (Å²) in [5.41, 5.74) is 0.922. The summed E-state index contributed by atoms with van der Waals surface area (Å²) in [6.45, 7) is 8.44. The normalized spacial score (nSPS) is 14.8. The third kappa shape index (κ3) is 5.55. The van der Waals surface area contributed by atoms with Crippen LogP contribution in [0.15, 0.2) is 65.6 Å². The van der Waals surface area contributed by atoms with Crippen LogP contribution >= 0.6 is 0 Å². The second-order valence-corrected chi connectivity index (χ2v) is 10.3. The van der Waals surface area contributed by atoms with E-state index in [4.69, 9.17) is 9.47 Å². The van der Waals surface area contributed by atoms with Gasteiger partial charge in [0.1, 0.15) is 0 Å². The molecule has 0 aliphatic carbocycles. The first-order valence-electron chi connectivity index (χ1n) is 11.6. The first-order chi connectivity index (χ1) is 16.0. The van der Waals surface area contributed by atoms with Gasteiger partial charge in [0.2, 0.25) is 11.7 Å². The summed E-state index contributed by atoms with van der Waals surface area (Å²) in [6.07, 6.45) is 1.82. The van der Waals surface area contributed by atoms with E-state index in [0.29, 0.717) is 29.5 Å². The van der Waals surface area contributed by atoms with Crippen molar-refractivity contribution in [2.45, 2.75) is 38.1 Å². The number of fused-ring (bicyclic) bond motifs is 2. The minimum atomic E-state index is -3.42. The van der Waals surface area contributed by atoms with E-state index in [2.05, 4.69) is 18.7 Å². The van der Waals surface area contributed by atoms with Crippen LogP contribution in [0.25, 0.3) is 10.8 Å². The van der Waals surface area contributed by atoms with E-state index in [1.165, 1.54) is 0 Å². The smallest absolute Gasteiger partial charge is 0.326 e. The third-order valence-electron chi connectivity index (χ3n) is 6.20. The van der Waals surface area contributed by atoms with Crippen molar-refractivity contribution in [3.63, 3.8) is 0 Å². The molecule has 7 heteroatoms. The van der Waals surface area contributed by atoms with Crippen molar-refractivity contribution in [3.05, 3.63) is 66.2 Å². The van der Waals surface area contributed by atoms with Crippen LogP contribution in [-0.2, 0) is 21.2 Å². The van der Waals surface area contributed by atoms with Crippen LogP contribution in [0.5, 0.6) is 11.5 Å². The maximum atomic E-state index is 13.8. The van der Waals surface area contributed by atoms with Gasteiger partial charge in [0.15, 0.2) is 11.5 Å². The molecule has 0 fully saturated rings. The van der Waals surface area contributed by atoms with E-state index >= 15 is 0 Å². The number of hydrogen-bond donors (Lipinski definition) is 1. The third-order valence-corrected chi connectivity index (χ3v) is 8.08. The molecule has 176 valence electrons. The Hall–Kier alpha value is -2.45. The molecule has 0 amide bonds. The molecular weight excluding hydrogens is 436 g/mol. The van der Waals surface area contributed by atoms with Crippen molar-refractivity contribution < 1.29 is 18.2 Å². The van der Waals surface area contributed by atoms with Gasteiger partial charge in [0, 0.05) is 12.6 Å². The molecule has 1 aliphatic rings. The molecule has 33 heavy (non-hydrogen) atoms. The summed E-state index contributed by atoms with van der Waals surface area (Å²) in [5, 5.41) is 2.01. The van der Waals surface area contributed by atoms with Gasteiger partial charge in [-0.2, -0.15) is 4.55 Å². The molecule has 1 atom stereocenters. The second kappa shape index (κ2) is 10.7. The Morgan fingerprint density at radius 2 is 1.61 bits per heavy atom. The number of rotatable bonds is 11. The van der Waals surface area contributed by atoms with Crippen LogP contribution in [0, 0.1) is 0 Å². The van der Waals surface area contributed by atoms with E-state index in [0.717, 1.165) is 48.8 Å². The van der Waals surface area contributed by atoms with Crippen LogP contribution in [-0.4, -0.2) is 46.7 Å². The number of nitrogens with zero attached hydrogens (tertiary/aromatic N) is 2. The molecule has 1 N–H and O–H groups in total. The second-order valence-electron chi connectivity index (χ2n) is 8.29. The molecule has 0 saturated heterocycles. The van der Waals surface area contributed by atoms with Crippen LogP contribution in [0.3, 0.4) is 0 Å². The standard InChI is InChI=1S/C26H32N2O4S/c1-3-27(4-2)15-7-8-16-28(19-21-11-14-25-26(17-21)32-20-31-25)33(29,30)24-13-12-22-9-5-6-10-23(22)18-24/h5-6,9-14,17-18H,3-4,7-8,15-16,19-20H2,1-2H3/p+1. The number of benzene rings is 3. The Kier molecular flexibility index (Phi) is 7.65. The topological polar surface area (TPSA) is 62.2 Å². The Morgan fingerprint density at radius 1 is 0.879 bits per heavy atom. The van der Waals surface area contributed by atoms with Crippen LogP contribution < -0.4 is 9.47 Å². The van der Waals surface area contributed by atoms with Crippen LogP contribution in [0.1, 0.15) is 32.3 Å². The minimum Gasteiger partial charge on any atom is -0.454 e. The van der Waals surface area contributed by atoms with Gasteiger partial charge in [-0.05, 0) is 77.3 Å². The first kappa shape index (κ1) is 23.7. The Labute approximate surface area is 197 Å². The molecule has 1 unspecified atom stereocenters. The Balaban J connectivity index is 1.56. The molecule has 6 nitrogen and oxygen atoms in total. The van der Waals surface area contributed by atoms with Gasteiger partial charge in [0.25, 0.3) is 0 Å². The lowest BCUT2D eigenvalue weighted by Gasteiger charge is -2.22. The SMILES string of the molecule is CCN(CC)CCCCN(Cc1ccc2c(c1)OCO2)[S+](=O)(O)c1ccc2ccccc2c1. The van der Waals surface area contributed by atoms with Crippen molar-refractivity contribution in [1.82, 2.24) is 9.21 Å². The lowest BCUT2D eigenvalue weighted by molar-refractivity contribution is 0.174. The molecular formula is C26H33N2O4S+. The van der Waals surface area contributed by atoms with Crippen molar-refractivity contribution in [3.8, 4) is 11.5 Å². The maximum Gasteiger partial charge on any atom is 0.326 e. The molecule has 0 spiro atoms. The average Bonchev–Trinajstić information content (AvgIpc) is 3.31. The van der Waals surface area contributed by atoms with Gasteiger partial charge in [-0.15, -0.1) is 0 Å². The van der Waals surface area contributed by atoms with Crippen molar-refractivity contribution in [2.75, 3.05) is 33.0 Å². The number of ether oxygens (including phenoxy) is 2. The zero-order valence-corrected chi connectivity index (χ0v) is 20.2. The van der Waals surface area contributed by atoms with E-state index in [-0.39, 0.29) is 6.79 Å². The summed E-state index contributed by atoms with van der Waals surface area (Å²) in [7, 11) is -3.42. The first-order valence-corrected chi connectivity index (χ1v) is 13.1. The molecule has 0 radical (unpaired) electrons. The fourth-order valence-electron chi connectivity index (χ4n) is 4.18. The highest BCUT2D eigenvalue weighted by Crippen LogP contribution is 2.34. The van der Waals surface area contributed by atoms with Gasteiger partial charge in [-0.25, -0.2) is 0 Å². The van der Waals surface area contributed by atoms with E-state index < -0.39 is 10.4 Å². The summed E-state index contributed by atoms with van der Waals surface area (Å²) < 4.78 is 37.8. The van der Waals surface area contributed by atoms with Gasteiger partial charge in [-0.3, -0.25) is 0 Å². The summed E-state index contributed by atoms with van der Waals surface area (Å²) in [5.74, 6) is 1.40. The highest BCUT2D eigenvalue weighted by Gasteiger charge is 2.38. The highest BCUT2D eigenvalue weighted by molar-refractivity contribution is 7.95.